The summed E-state index contributed by atoms with van der Waals surface area (Å²) in [7, 11) is 0. The van der Waals surface area contributed by atoms with Gasteiger partial charge in [-0.05, 0) is 76.6 Å². The number of hydrogen-bond acceptors (Lipinski definition) is 2. The summed E-state index contributed by atoms with van der Waals surface area (Å²) in [6.45, 7) is 10.6. The Morgan fingerprint density at radius 1 is 0.871 bits per heavy atom. The second-order valence-corrected chi connectivity index (χ2v) is 9.33. The number of fused-ring (bicyclic) bond motifs is 3. The first kappa shape index (κ1) is 20.2. The van der Waals surface area contributed by atoms with Gasteiger partial charge in [-0.15, -0.1) is 0 Å². The number of benzene rings is 2. The van der Waals surface area contributed by atoms with Gasteiger partial charge in [-0.1, -0.05) is 34.8 Å². The molecule has 2 aromatic carbocycles. The Hall–Kier alpha value is -2.69. The highest BCUT2D eigenvalue weighted by atomic mass is 35.5. The Balaban J connectivity index is 1.70. The summed E-state index contributed by atoms with van der Waals surface area (Å²) in [6.07, 6.45) is -0.104. The van der Waals surface area contributed by atoms with E-state index in [0.29, 0.717) is 10.0 Å². The SMILES string of the molecule is Cc1cc(C)c2c(c1)-c1cc(C)nn1C(c1cc(C)n(-c3cc(Cl)cc(Cl)c3)c1C)N2. The van der Waals surface area contributed by atoms with Crippen LogP contribution < -0.4 is 5.32 Å². The van der Waals surface area contributed by atoms with E-state index in [1.54, 1.807) is 6.07 Å². The van der Waals surface area contributed by atoms with Crippen LogP contribution in [0.4, 0.5) is 5.69 Å². The van der Waals surface area contributed by atoms with Crippen molar-refractivity contribution in [3.05, 3.63) is 86.3 Å². The molecule has 3 heterocycles. The molecule has 1 aliphatic rings. The first-order chi connectivity index (χ1) is 14.7. The average molecular weight is 451 g/mol. The summed E-state index contributed by atoms with van der Waals surface area (Å²) in [6, 6.07) is 14.5. The molecule has 0 saturated carbocycles. The van der Waals surface area contributed by atoms with Gasteiger partial charge in [0.05, 0.1) is 11.4 Å². The maximum atomic E-state index is 6.29. The fraction of sp³-hybridized carbons (Fsp3) is 0.240. The quantitative estimate of drug-likeness (QED) is 0.351. The van der Waals surface area contributed by atoms with Gasteiger partial charge in [-0.3, -0.25) is 0 Å². The predicted molar refractivity (Wildman–Crippen MR) is 129 cm³/mol. The molecule has 0 fully saturated rings. The molecular weight excluding hydrogens is 427 g/mol. The summed E-state index contributed by atoms with van der Waals surface area (Å²) >= 11 is 12.6. The number of aryl methyl sites for hydroxylation is 4. The van der Waals surface area contributed by atoms with Crippen molar-refractivity contribution in [2.24, 2.45) is 0 Å². The van der Waals surface area contributed by atoms with Crippen molar-refractivity contribution < 1.29 is 0 Å². The zero-order chi connectivity index (χ0) is 22.0. The second kappa shape index (κ2) is 7.18. The third-order valence-corrected chi connectivity index (χ3v) is 6.45. The lowest BCUT2D eigenvalue weighted by Crippen LogP contribution is -2.26. The maximum absolute atomic E-state index is 6.29. The molecule has 0 saturated heterocycles. The van der Waals surface area contributed by atoms with Gasteiger partial charge in [0.25, 0.3) is 0 Å². The Bertz CT molecular complexity index is 1330. The van der Waals surface area contributed by atoms with Crippen LogP contribution >= 0.6 is 23.2 Å². The molecule has 1 aliphatic heterocycles. The molecule has 0 bridgehead atoms. The molecule has 0 amide bonds. The van der Waals surface area contributed by atoms with E-state index in [-0.39, 0.29) is 6.17 Å². The van der Waals surface area contributed by atoms with Gasteiger partial charge in [0.1, 0.15) is 6.17 Å². The molecule has 2 aromatic heterocycles. The Morgan fingerprint density at radius 3 is 2.29 bits per heavy atom. The molecule has 1 unspecified atom stereocenters. The van der Waals surface area contributed by atoms with Crippen LogP contribution in [0.5, 0.6) is 0 Å². The molecule has 0 spiro atoms. The molecule has 6 heteroatoms. The third kappa shape index (κ3) is 3.26. The van der Waals surface area contributed by atoms with E-state index >= 15 is 0 Å². The monoisotopic (exact) mass is 450 g/mol. The lowest BCUT2D eigenvalue weighted by molar-refractivity contribution is 0.567. The zero-order valence-electron chi connectivity index (χ0n) is 18.2. The topological polar surface area (TPSA) is 34.8 Å². The minimum Gasteiger partial charge on any atom is -0.359 e. The predicted octanol–water partition coefficient (Wildman–Crippen LogP) is 7.16. The summed E-state index contributed by atoms with van der Waals surface area (Å²) in [4.78, 5) is 0. The van der Waals surface area contributed by atoms with Crippen LogP contribution in [-0.4, -0.2) is 14.3 Å². The number of aromatic nitrogens is 3. The van der Waals surface area contributed by atoms with Crippen molar-refractivity contribution in [1.82, 2.24) is 14.3 Å². The number of rotatable bonds is 2. The van der Waals surface area contributed by atoms with Crippen LogP contribution in [0.3, 0.4) is 0 Å². The molecule has 158 valence electrons. The molecule has 4 aromatic rings. The van der Waals surface area contributed by atoms with Gasteiger partial charge in [-0.25, -0.2) is 4.68 Å². The van der Waals surface area contributed by atoms with E-state index in [2.05, 4.69) is 66.5 Å². The summed E-state index contributed by atoms with van der Waals surface area (Å²) < 4.78 is 4.30. The van der Waals surface area contributed by atoms with E-state index < -0.39 is 0 Å². The number of anilines is 1. The molecule has 1 atom stereocenters. The number of nitrogens with zero attached hydrogens (tertiary/aromatic N) is 3. The van der Waals surface area contributed by atoms with Crippen molar-refractivity contribution in [2.45, 2.75) is 40.8 Å². The number of nitrogens with one attached hydrogen (secondary N) is 1. The zero-order valence-corrected chi connectivity index (χ0v) is 19.7. The van der Waals surface area contributed by atoms with Crippen molar-refractivity contribution in [2.75, 3.05) is 5.32 Å². The minimum absolute atomic E-state index is 0.104. The standard InChI is InChI=1S/C25H24Cl2N4/c1-13-6-14(2)24-22(7-13)23-8-15(3)29-31(23)25(28-24)21-9-16(4)30(17(21)5)20-11-18(26)10-19(27)12-20/h6-12,25,28H,1-5H3. The van der Waals surface area contributed by atoms with Crippen LogP contribution in [-0.2, 0) is 0 Å². The lowest BCUT2D eigenvalue weighted by atomic mass is 9.98. The number of hydrogen-bond donors (Lipinski definition) is 1. The molecule has 1 N–H and O–H groups in total. The van der Waals surface area contributed by atoms with Crippen molar-refractivity contribution in [1.29, 1.82) is 0 Å². The third-order valence-electron chi connectivity index (χ3n) is 6.01. The Labute approximate surface area is 192 Å². The molecule has 4 nitrogen and oxygen atoms in total. The van der Waals surface area contributed by atoms with E-state index in [1.807, 2.05) is 19.1 Å². The Morgan fingerprint density at radius 2 is 1.58 bits per heavy atom. The second-order valence-electron chi connectivity index (χ2n) is 8.46. The van der Waals surface area contributed by atoms with Crippen LogP contribution in [0.2, 0.25) is 10.0 Å². The maximum Gasteiger partial charge on any atom is 0.149 e. The molecule has 31 heavy (non-hydrogen) atoms. The molecule has 5 rings (SSSR count). The normalized spacial score (nSPS) is 14.9. The van der Waals surface area contributed by atoms with Gasteiger partial charge in [-0.2, -0.15) is 5.10 Å². The summed E-state index contributed by atoms with van der Waals surface area (Å²) in [5.41, 5.74) is 11.4. The largest absolute Gasteiger partial charge is 0.359 e. The average Bonchev–Trinajstić information content (AvgIpc) is 3.20. The van der Waals surface area contributed by atoms with Crippen molar-refractivity contribution >= 4 is 28.9 Å². The van der Waals surface area contributed by atoms with Crippen LogP contribution in [0, 0.1) is 34.6 Å². The Kier molecular flexibility index (Phi) is 4.68. The lowest BCUT2D eigenvalue weighted by Gasteiger charge is -2.31. The van der Waals surface area contributed by atoms with Gasteiger partial charge in [0.2, 0.25) is 0 Å². The van der Waals surface area contributed by atoms with Crippen LogP contribution in [0.15, 0.2) is 42.5 Å². The van der Waals surface area contributed by atoms with Crippen molar-refractivity contribution in [3.8, 4) is 16.9 Å². The fourth-order valence-electron chi connectivity index (χ4n) is 4.81. The van der Waals surface area contributed by atoms with Crippen LogP contribution in [0.1, 0.15) is 39.9 Å². The smallest absolute Gasteiger partial charge is 0.149 e. The van der Waals surface area contributed by atoms with Gasteiger partial charge in [0.15, 0.2) is 0 Å². The van der Waals surface area contributed by atoms with E-state index in [4.69, 9.17) is 28.3 Å². The van der Waals surface area contributed by atoms with Gasteiger partial charge in [0, 0.05) is 43.9 Å². The number of halogens is 2. The minimum atomic E-state index is -0.104. The van der Waals surface area contributed by atoms with Gasteiger partial charge >= 0.3 is 0 Å². The highest BCUT2D eigenvalue weighted by Crippen LogP contribution is 2.42. The molecular formula is C25H24Cl2N4. The molecule has 0 radical (unpaired) electrons. The first-order valence-electron chi connectivity index (χ1n) is 10.3. The van der Waals surface area contributed by atoms with Crippen molar-refractivity contribution in [3.63, 3.8) is 0 Å². The van der Waals surface area contributed by atoms with E-state index in [1.165, 1.54) is 27.9 Å². The fourth-order valence-corrected chi connectivity index (χ4v) is 5.33. The highest BCUT2D eigenvalue weighted by Gasteiger charge is 2.30. The van der Waals surface area contributed by atoms with Gasteiger partial charge < -0.3 is 9.88 Å². The summed E-state index contributed by atoms with van der Waals surface area (Å²) in [5.74, 6) is 0. The summed E-state index contributed by atoms with van der Waals surface area (Å²) in [5, 5.41) is 9.86. The van der Waals surface area contributed by atoms with E-state index in [0.717, 1.165) is 28.5 Å². The molecule has 0 aliphatic carbocycles. The highest BCUT2D eigenvalue weighted by molar-refractivity contribution is 6.34. The first-order valence-corrected chi connectivity index (χ1v) is 11.1. The van der Waals surface area contributed by atoms with Crippen LogP contribution in [0.25, 0.3) is 16.9 Å². The van der Waals surface area contributed by atoms with E-state index in [9.17, 15) is 0 Å².